The molecule has 0 radical (unpaired) electrons. The van der Waals surface area contributed by atoms with E-state index in [0.29, 0.717) is 12.8 Å². The predicted octanol–water partition coefficient (Wildman–Crippen LogP) is 3.19. The number of benzene rings is 1. The van der Waals surface area contributed by atoms with E-state index < -0.39 is 27.5 Å². The van der Waals surface area contributed by atoms with Crippen LogP contribution in [0.15, 0.2) is 15.5 Å². The van der Waals surface area contributed by atoms with Gasteiger partial charge in [-0.15, -0.1) is 0 Å². The van der Waals surface area contributed by atoms with Gasteiger partial charge in [-0.25, -0.2) is 18.0 Å². The number of nitrogens with zero attached hydrogens (tertiary/aromatic N) is 1. The Morgan fingerprint density at radius 1 is 1.31 bits per heavy atom. The Morgan fingerprint density at radius 3 is 2.44 bits per heavy atom. The van der Waals surface area contributed by atoms with Crippen molar-refractivity contribution < 1.29 is 18.0 Å². The van der Waals surface area contributed by atoms with Crippen molar-refractivity contribution in [3.05, 3.63) is 33.6 Å². The highest BCUT2D eigenvalue weighted by atomic mass is 79.9. The summed E-state index contributed by atoms with van der Waals surface area (Å²) in [5.74, 6) is -3.38. The van der Waals surface area contributed by atoms with E-state index in [9.17, 15) is 18.0 Å². The molecule has 0 aromatic heterocycles. The summed E-state index contributed by atoms with van der Waals surface area (Å²) in [7, 11) is 0. The molecule has 1 saturated carbocycles. The molecular formula is C10H5BrF3NO. The van der Waals surface area contributed by atoms with Gasteiger partial charge in [0.15, 0.2) is 11.6 Å². The molecule has 84 valence electrons. The number of halogens is 4. The number of carbonyl (C=O) groups excluding carboxylic acids is 1. The zero-order chi connectivity index (χ0) is 11.9. The molecule has 1 aliphatic carbocycles. The Morgan fingerprint density at radius 2 is 1.94 bits per heavy atom. The van der Waals surface area contributed by atoms with Gasteiger partial charge < -0.3 is 0 Å². The van der Waals surface area contributed by atoms with Crippen LogP contribution in [-0.4, -0.2) is 6.08 Å². The molecule has 0 atom stereocenters. The first-order valence-electron chi connectivity index (χ1n) is 4.44. The summed E-state index contributed by atoms with van der Waals surface area (Å²) in [6.45, 7) is 0. The van der Waals surface area contributed by atoms with Crippen molar-refractivity contribution in [2.24, 2.45) is 4.99 Å². The third-order valence-electron chi connectivity index (χ3n) is 2.59. The van der Waals surface area contributed by atoms with E-state index >= 15 is 0 Å². The molecule has 1 aromatic rings. The highest BCUT2D eigenvalue weighted by Gasteiger charge is 2.47. The molecular weight excluding hydrogens is 287 g/mol. The molecule has 2 rings (SSSR count). The molecule has 1 aromatic carbocycles. The minimum Gasteiger partial charge on any atom is -0.211 e. The van der Waals surface area contributed by atoms with Crippen LogP contribution in [-0.2, 0) is 10.3 Å². The Labute approximate surface area is 97.3 Å². The van der Waals surface area contributed by atoms with Gasteiger partial charge in [-0.1, -0.05) is 0 Å². The van der Waals surface area contributed by atoms with E-state index in [1.54, 1.807) is 0 Å². The van der Waals surface area contributed by atoms with Crippen LogP contribution < -0.4 is 0 Å². The van der Waals surface area contributed by atoms with Crippen LogP contribution in [0.1, 0.15) is 18.4 Å². The van der Waals surface area contributed by atoms with E-state index in [2.05, 4.69) is 20.9 Å². The zero-order valence-electron chi connectivity index (χ0n) is 7.86. The minimum atomic E-state index is -1.29. The van der Waals surface area contributed by atoms with Crippen molar-refractivity contribution in [1.29, 1.82) is 0 Å². The van der Waals surface area contributed by atoms with Gasteiger partial charge in [0, 0.05) is 5.56 Å². The normalized spacial score (nSPS) is 16.8. The lowest BCUT2D eigenvalue weighted by Gasteiger charge is -2.11. The maximum atomic E-state index is 13.7. The Kier molecular flexibility index (Phi) is 2.64. The monoisotopic (exact) mass is 291 g/mol. The van der Waals surface area contributed by atoms with Gasteiger partial charge in [-0.3, -0.25) is 0 Å². The molecule has 16 heavy (non-hydrogen) atoms. The fourth-order valence-electron chi connectivity index (χ4n) is 1.56. The lowest BCUT2D eigenvalue weighted by Crippen LogP contribution is -2.08. The van der Waals surface area contributed by atoms with Crippen LogP contribution in [0.3, 0.4) is 0 Å². The second kappa shape index (κ2) is 3.71. The second-order valence-electron chi connectivity index (χ2n) is 3.58. The Hall–Kier alpha value is -1.13. The standard InChI is InChI=1S/C10H5BrF3NO/c11-7-8(13)5(3-6(12)9(7)14)10(1-2-10)15-4-16/h3H,1-2H2. The molecule has 0 aliphatic heterocycles. The third-order valence-corrected chi connectivity index (χ3v) is 3.28. The van der Waals surface area contributed by atoms with E-state index in [0.717, 1.165) is 6.07 Å². The van der Waals surface area contributed by atoms with E-state index in [4.69, 9.17) is 0 Å². The van der Waals surface area contributed by atoms with Crippen molar-refractivity contribution in [3.8, 4) is 0 Å². The van der Waals surface area contributed by atoms with Gasteiger partial charge in [0.25, 0.3) is 0 Å². The van der Waals surface area contributed by atoms with Gasteiger partial charge in [0.05, 0.1) is 4.47 Å². The molecule has 1 fully saturated rings. The van der Waals surface area contributed by atoms with E-state index in [1.165, 1.54) is 6.08 Å². The largest absolute Gasteiger partial charge is 0.235 e. The van der Waals surface area contributed by atoms with E-state index in [1.807, 2.05) is 0 Å². The predicted molar refractivity (Wildman–Crippen MR) is 53.0 cm³/mol. The summed E-state index contributed by atoms with van der Waals surface area (Å²) in [4.78, 5) is 13.6. The second-order valence-corrected chi connectivity index (χ2v) is 4.38. The summed E-state index contributed by atoms with van der Waals surface area (Å²) in [6.07, 6.45) is 2.18. The van der Waals surface area contributed by atoms with Gasteiger partial charge in [-0.2, -0.15) is 4.99 Å². The van der Waals surface area contributed by atoms with Crippen LogP contribution in [0.25, 0.3) is 0 Å². The number of aliphatic imine (C=N–C) groups is 1. The summed E-state index contributed by atoms with van der Waals surface area (Å²) < 4.78 is 39.2. The molecule has 2 nitrogen and oxygen atoms in total. The lowest BCUT2D eigenvalue weighted by atomic mass is 10.0. The number of rotatable bonds is 2. The average Bonchev–Trinajstić information content (AvgIpc) is 3.02. The van der Waals surface area contributed by atoms with Gasteiger partial charge in [0.1, 0.15) is 11.4 Å². The first kappa shape index (κ1) is 11.4. The minimum absolute atomic E-state index is 0.110. The molecule has 0 heterocycles. The molecule has 6 heteroatoms. The molecule has 0 amide bonds. The topological polar surface area (TPSA) is 29.4 Å². The van der Waals surface area contributed by atoms with Crippen LogP contribution in [0.2, 0.25) is 0 Å². The average molecular weight is 292 g/mol. The summed E-state index contributed by atoms with van der Waals surface area (Å²) >= 11 is 2.62. The summed E-state index contributed by atoms with van der Waals surface area (Å²) in [5.41, 5.74) is -1.16. The zero-order valence-corrected chi connectivity index (χ0v) is 9.44. The number of hydrogen-bond donors (Lipinski definition) is 0. The van der Waals surface area contributed by atoms with Gasteiger partial charge in [0.2, 0.25) is 6.08 Å². The summed E-state index contributed by atoms with van der Waals surface area (Å²) in [6, 6.07) is 0.739. The van der Waals surface area contributed by atoms with E-state index in [-0.39, 0.29) is 5.56 Å². The maximum Gasteiger partial charge on any atom is 0.235 e. The van der Waals surface area contributed by atoms with Gasteiger partial charge in [-0.05, 0) is 34.8 Å². The molecule has 0 N–H and O–H groups in total. The smallest absolute Gasteiger partial charge is 0.211 e. The highest BCUT2D eigenvalue weighted by molar-refractivity contribution is 9.10. The SMILES string of the molecule is O=C=NC1(c2cc(F)c(F)c(Br)c2F)CC1. The van der Waals surface area contributed by atoms with Crippen molar-refractivity contribution in [2.45, 2.75) is 18.4 Å². The maximum absolute atomic E-state index is 13.7. The first-order chi connectivity index (χ1) is 7.52. The molecule has 0 bridgehead atoms. The van der Waals surface area contributed by atoms with Crippen molar-refractivity contribution >= 4 is 22.0 Å². The van der Waals surface area contributed by atoms with Gasteiger partial charge >= 0.3 is 0 Å². The molecule has 1 aliphatic rings. The first-order valence-corrected chi connectivity index (χ1v) is 5.23. The number of hydrogen-bond acceptors (Lipinski definition) is 2. The third kappa shape index (κ3) is 1.58. The van der Waals surface area contributed by atoms with Crippen LogP contribution in [0.4, 0.5) is 13.2 Å². The highest BCUT2D eigenvalue weighted by Crippen LogP contribution is 2.51. The van der Waals surface area contributed by atoms with Crippen molar-refractivity contribution in [2.75, 3.05) is 0 Å². The number of isocyanates is 1. The molecule has 0 spiro atoms. The fourth-order valence-corrected chi connectivity index (χ4v) is 1.96. The lowest BCUT2D eigenvalue weighted by molar-refractivity contribution is 0.474. The van der Waals surface area contributed by atoms with Crippen molar-refractivity contribution in [3.63, 3.8) is 0 Å². The Bertz CT molecular complexity index is 507. The quantitative estimate of drug-likeness (QED) is 0.356. The Balaban J connectivity index is 2.63. The van der Waals surface area contributed by atoms with Crippen molar-refractivity contribution in [1.82, 2.24) is 0 Å². The summed E-state index contributed by atoms with van der Waals surface area (Å²) in [5, 5.41) is 0. The fraction of sp³-hybridized carbons (Fsp3) is 0.300. The van der Waals surface area contributed by atoms with Crippen LogP contribution >= 0.6 is 15.9 Å². The molecule has 0 unspecified atom stereocenters. The van der Waals surface area contributed by atoms with Crippen LogP contribution in [0, 0.1) is 17.5 Å². The van der Waals surface area contributed by atoms with Crippen LogP contribution in [0.5, 0.6) is 0 Å². The molecule has 0 saturated heterocycles.